The van der Waals surface area contributed by atoms with Crippen LogP contribution in [0.5, 0.6) is 0 Å². The SMILES string of the molecule is CCCCCCCCCCCCCCc1s/c(=N/N=O)n(C)c1-c1ccccc1. The second-order valence-electron chi connectivity index (χ2n) is 7.90. The van der Waals surface area contributed by atoms with E-state index in [1.165, 1.54) is 93.2 Å². The van der Waals surface area contributed by atoms with Crippen molar-refractivity contribution in [2.45, 2.75) is 90.4 Å². The van der Waals surface area contributed by atoms with E-state index < -0.39 is 0 Å². The molecule has 2 rings (SSSR count). The van der Waals surface area contributed by atoms with Gasteiger partial charge in [0.05, 0.1) is 11.0 Å². The molecular formula is C24H37N3OS. The summed E-state index contributed by atoms with van der Waals surface area (Å²) in [7, 11) is 1.97. The molecule has 0 aliphatic rings. The highest BCUT2D eigenvalue weighted by Gasteiger charge is 2.13. The molecule has 0 atom stereocenters. The van der Waals surface area contributed by atoms with Gasteiger partial charge >= 0.3 is 0 Å². The summed E-state index contributed by atoms with van der Waals surface area (Å²) in [6.07, 6.45) is 17.3. The number of benzene rings is 1. The number of rotatable bonds is 15. The van der Waals surface area contributed by atoms with Crippen LogP contribution >= 0.6 is 11.3 Å². The summed E-state index contributed by atoms with van der Waals surface area (Å²) in [6.45, 7) is 2.28. The van der Waals surface area contributed by atoms with Crippen LogP contribution in [0.1, 0.15) is 88.9 Å². The van der Waals surface area contributed by atoms with Gasteiger partial charge in [0.1, 0.15) is 0 Å². The maximum Gasteiger partial charge on any atom is 0.214 e. The van der Waals surface area contributed by atoms with Crippen LogP contribution in [0.3, 0.4) is 0 Å². The Morgan fingerprint density at radius 3 is 1.93 bits per heavy atom. The molecule has 0 spiro atoms. The molecule has 0 saturated heterocycles. The van der Waals surface area contributed by atoms with Crippen LogP contribution in [0.2, 0.25) is 0 Å². The first-order valence-electron chi connectivity index (χ1n) is 11.4. The first-order chi connectivity index (χ1) is 14.3. The van der Waals surface area contributed by atoms with Crippen molar-refractivity contribution in [3.63, 3.8) is 0 Å². The molecule has 4 nitrogen and oxygen atoms in total. The van der Waals surface area contributed by atoms with E-state index in [4.69, 9.17) is 0 Å². The summed E-state index contributed by atoms with van der Waals surface area (Å²) >= 11 is 1.59. The number of nitrogens with zero attached hydrogens (tertiary/aromatic N) is 3. The Kier molecular flexibility index (Phi) is 11.6. The number of thiazole rings is 1. The number of aromatic nitrogens is 1. The summed E-state index contributed by atoms with van der Waals surface area (Å²) in [5.41, 5.74) is 2.34. The molecule has 1 aromatic carbocycles. The molecule has 0 amide bonds. The molecule has 0 aliphatic carbocycles. The van der Waals surface area contributed by atoms with Crippen molar-refractivity contribution in [1.29, 1.82) is 0 Å². The Labute approximate surface area is 180 Å². The molecule has 0 radical (unpaired) electrons. The van der Waals surface area contributed by atoms with Gasteiger partial charge in [0.15, 0.2) is 0 Å². The summed E-state index contributed by atoms with van der Waals surface area (Å²) < 4.78 is 2.00. The maximum atomic E-state index is 10.6. The van der Waals surface area contributed by atoms with Crippen LogP contribution < -0.4 is 4.80 Å². The maximum absolute atomic E-state index is 10.6. The molecule has 1 aromatic heterocycles. The minimum atomic E-state index is 0.674. The largest absolute Gasteiger partial charge is 0.318 e. The predicted molar refractivity (Wildman–Crippen MR) is 125 cm³/mol. The molecule has 5 heteroatoms. The van der Waals surface area contributed by atoms with Gasteiger partial charge in [-0.15, -0.1) is 4.91 Å². The van der Waals surface area contributed by atoms with Gasteiger partial charge < -0.3 is 4.57 Å². The molecular weight excluding hydrogens is 378 g/mol. The summed E-state index contributed by atoms with van der Waals surface area (Å²) in [5, 5.41) is 6.52. The zero-order valence-electron chi connectivity index (χ0n) is 18.2. The fourth-order valence-electron chi connectivity index (χ4n) is 3.88. The third kappa shape index (κ3) is 8.25. The van der Waals surface area contributed by atoms with Gasteiger partial charge in [-0.2, -0.15) is 0 Å². The van der Waals surface area contributed by atoms with Gasteiger partial charge in [0.25, 0.3) is 0 Å². The van der Waals surface area contributed by atoms with Crippen molar-refractivity contribution in [1.82, 2.24) is 4.57 Å². The Bertz CT molecular complexity index is 764. The molecule has 160 valence electrons. The third-order valence-corrected chi connectivity index (χ3v) is 6.71. The van der Waals surface area contributed by atoms with Crippen LogP contribution in [0.4, 0.5) is 0 Å². The van der Waals surface area contributed by atoms with Gasteiger partial charge in [-0.25, -0.2) is 0 Å². The highest BCUT2D eigenvalue weighted by Crippen LogP contribution is 2.27. The van der Waals surface area contributed by atoms with Crippen LogP contribution in [-0.2, 0) is 13.5 Å². The van der Waals surface area contributed by atoms with E-state index in [2.05, 4.69) is 41.6 Å². The smallest absolute Gasteiger partial charge is 0.214 e. The Hall–Kier alpha value is -1.75. The first kappa shape index (κ1) is 23.5. The minimum absolute atomic E-state index is 0.674. The van der Waals surface area contributed by atoms with Crippen LogP contribution in [0, 0.1) is 4.91 Å². The van der Waals surface area contributed by atoms with E-state index in [1.54, 1.807) is 11.3 Å². The standard InChI is InChI=1S/C24H37N3OS/c1-3-4-5-6-7-8-9-10-11-12-13-17-20-22-23(21-18-15-14-16-19-21)27(2)24(29-22)25-26-28/h14-16,18-19H,3-13,17,20H2,1-2H3/b25-24+. The van der Waals surface area contributed by atoms with E-state index in [0.717, 1.165) is 6.42 Å². The van der Waals surface area contributed by atoms with Gasteiger partial charge in [0.2, 0.25) is 4.80 Å². The molecule has 0 bridgehead atoms. The minimum Gasteiger partial charge on any atom is -0.318 e. The molecule has 1 heterocycles. The van der Waals surface area contributed by atoms with E-state index in [9.17, 15) is 4.91 Å². The van der Waals surface area contributed by atoms with Gasteiger partial charge in [0, 0.05) is 11.9 Å². The number of nitroso groups, excluding NO2 is 1. The molecule has 0 fully saturated rings. The van der Waals surface area contributed by atoms with Crippen molar-refractivity contribution in [3.8, 4) is 11.3 Å². The molecule has 0 N–H and O–H groups in total. The lowest BCUT2D eigenvalue weighted by atomic mass is 10.0. The Morgan fingerprint density at radius 1 is 0.828 bits per heavy atom. The molecule has 0 saturated carbocycles. The molecule has 2 aromatic rings. The Balaban J connectivity index is 1.73. The summed E-state index contributed by atoms with van der Waals surface area (Å²) in [5.74, 6) is 0. The average molecular weight is 416 g/mol. The zero-order valence-corrected chi connectivity index (χ0v) is 19.1. The van der Waals surface area contributed by atoms with E-state index >= 15 is 0 Å². The lowest BCUT2D eigenvalue weighted by molar-refractivity contribution is 0.544. The van der Waals surface area contributed by atoms with Crippen molar-refractivity contribution in [2.75, 3.05) is 0 Å². The molecule has 29 heavy (non-hydrogen) atoms. The fraction of sp³-hybridized carbons (Fsp3) is 0.625. The van der Waals surface area contributed by atoms with Crippen molar-refractivity contribution >= 4 is 11.3 Å². The lowest BCUT2D eigenvalue weighted by Gasteiger charge is -2.07. The van der Waals surface area contributed by atoms with Crippen LogP contribution in [0.15, 0.2) is 40.7 Å². The van der Waals surface area contributed by atoms with E-state index in [0.29, 0.717) is 4.80 Å². The number of hydrogen-bond acceptors (Lipinski definition) is 3. The zero-order chi connectivity index (χ0) is 20.7. The van der Waals surface area contributed by atoms with Crippen molar-refractivity contribution < 1.29 is 0 Å². The number of unbranched alkanes of at least 4 members (excludes halogenated alkanes) is 11. The van der Waals surface area contributed by atoms with Crippen LogP contribution in [-0.4, -0.2) is 4.57 Å². The van der Waals surface area contributed by atoms with Gasteiger partial charge in [-0.1, -0.05) is 124 Å². The summed E-state index contributed by atoms with van der Waals surface area (Å²) in [4.78, 5) is 12.6. The highest BCUT2D eigenvalue weighted by molar-refractivity contribution is 7.09. The van der Waals surface area contributed by atoms with Crippen molar-refractivity contribution in [3.05, 3.63) is 44.9 Å². The third-order valence-electron chi connectivity index (χ3n) is 5.53. The van der Waals surface area contributed by atoms with Crippen molar-refractivity contribution in [2.24, 2.45) is 17.4 Å². The second kappa shape index (κ2) is 14.3. The summed E-state index contributed by atoms with van der Waals surface area (Å²) in [6, 6.07) is 10.4. The Morgan fingerprint density at radius 2 is 1.38 bits per heavy atom. The first-order valence-corrected chi connectivity index (χ1v) is 12.2. The molecule has 0 aliphatic heterocycles. The average Bonchev–Trinajstić information content (AvgIpc) is 3.05. The number of aryl methyl sites for hydroxylation is 1. The van der Waals surface area contributed by atoms with Gasteiger partial charge in [-0.05, 0) is 18.4 Å². The van der Waals surface area contributed by atoms with E-state index in [1.807, 2.05) is 17.7 Å². The lowest BCUT2D eigenvalue weighted by Crippen LogP contribution is -2.10. The van der Waals surface area contributed by atoms with Crippen LogP contribution in [0.25, 0.3) is 11.3 Å². The second-order valence-corrected chi connectivity index (χ2v) is 8.96. The monoisotopic (exact) mass is 415 g/mol. The van der Waals surface area contributed by atoms with Gasteiger partial charge in [-0.3, -0.25) is 0 Å². The normalized spacial score (nSPS) is 11.9. The topological polar surface area (TPSA) is 46.7 Å². The van der Waals surface area contributed by atoms with E-state index in [-0.39, 0.29) is 0 Å². The predicted octanol–water partition coefficient (Wildman–Crippen LogP) is 7.58. The number of hydrogen-bond donors (Lipinski definition) is 0. The quantitative estimate of drug-likeness (QED) is 0.168. The molecule has 0 unspecified atom stereocenters. The highest BCUT2D eigenvalue weighted by atomic mass is 32.1. The fourth-order valence-corrected chi connectivity index (χ4v) is 5.00.